The van der Waals surface area contributed by atoms with Gasteiger partial charge in [0.25, 0.3) is 5.69 Å². The molecule has 1 aromatic rings. The number of carbonyl (C=O) groups is 1. The van der Waals surface area contributed by atoms with E-state index in [1.54, 1.807) is 12.1 Å². The van der Waals surface area contributed by atoms with E-state index in [0.717, 1.165) is 12.0 Å². The molecule has 1 aliphatic rings. The lowest BCUT2D eigenvalue weighted by atomic mass is 9.86. The predicted octanol–water partition coefficient (Wildman–Crippen LogP) is 4.08. The Balaban J connectivity index is 1.83. The largest absolute Gasteiger partial charge is 0.352 e. The molecule has 0 saturated heterocycles. The van der Waals surface area contributed by atoms with Gasteiger partial charge in [0, 0.05) is 23.4 Å². The van der Waals surface area contributed by atoms with E-state index in [4.69, 9.17) is 0 Å². The number of amides is 1. The fourth-order valence-corrected chi connectivity index (χ4v) is 3.79. The molecule has 5 nitrogen and oxygen atoms in total. The minimum atomic E-state index is -0.391. The second kappa shape index (κ2) is 8.34. The normalized spacial score (nSPS) is 22.3. The third kappa shape index (κ3) is 5.23. The topological polar surface area (TPSA) is 72.2 Å². The Morgan fingerprint density at radius 3 is 2.87 bits per heavy atom. The zero-order valence-corrected chi connectivity index (χ0v) is 14.5. The number of thioether (sulfide) groups is 1. The number of nitrogens with zero attached hydrogens (tertiary/aromatic N) is 1. The minimum absolute atomic E-state index is 0.0458. The van der Waals surface area contributed by atoms with Crippen LogP contribution in [0.5, 0.6) is 0 Å². The maximum atomic E-state index is 12.1. The van der Waals surface area contributed by atoms with Crippen molar-refractivity contribution in [1.82, 2.24) is 5.32 Å². The maximum Gasteiger partial charge on any atom is 0.269 e. The first-order valence-corrected chi connectivity index (χ1v) is 9.17. The van der Waals surface area contributed by atoms with E-state index in [1.807, 2.05) is 13.0 Å². The first-order chi connectivity index (χ1) is 11.0. The van der Waals surface area contributed by atoms with Crippen LogP contribution in [-0.2, 0) is 4.79 Å². The van der Waals surface area contributed by atoms with E-state index in [-0.39, 0.29) is 16.8 Å². The summed E-state index contributed by atoms with van der Waals surface area (Å²) in [6, 6.07) is 6.92. The predicted molar refractivity (Wildman–Crippen MR) is 93.5 cm³/mol. The van der Waals surface area contributed by atoms with Gasteiger partial charge in [0.15, 0.2) is 0 Å². The highest BCUT2D eigenvalue weighted by molar-refractivity contribution is 8.00. The molecular formula is C17H24N2O3S. The summed E-state index contributed by atoms with van der Waals surface area (Å²) in [5, 5.41) is 14.0. The van der Waals surface area contributed by atoms with Gasteiger partial charge in [-0.25, -0.2) is 0 Å². The van der Waals surface area contributed by atoms with E-state index in [0.29, 0.717) is 17.7 Å². The summed E-state index contributed by atoms with van der Waals surface area (Å²) in [5.41, 5.74) is 0.971. The number of rotatable bonds is 6. The Morgan fingerprint density at radius 2 is 2.17 bits per heavy atom. The van der Waals surface area contributed by atoms with Crippen LogP contribution in [0.1, 0.15) is 50.3 Å². The van der Waals surface area contributed by atoms with Crippen LogP contribution < -0.4 is 5.32 Å². The fraction of sp³-hybridized carbons (Fsp3) is 0.588. The van der Waals surface area contributed by atoms with Crippen molar-refractivity contribution < 1.29 is 9.72 Å². The molecule has 0 unspecified atom stereocenters. The molecule has 0 bridgehead atoms. The molecule has 1 amide bonds. The van der Waals surface area contributed by atoms with Gasteiger partial charge < -0.3 is 5.32 Å². The number of benzene rings is 1. The zero-order valence-electron chi connectivity index (χ0n) is 13.7. The lowest BCUT2D eigenvalue weighted by Crippen LogP contribution is -2.41. The lowest BCUT2D eigenvalue weighted by molar-refractivity contribution is -0.384. The number of non-ortho nitro benzene ring substituents is 1. The van der Waals surface area contributed by atoms with Gasteiger partial charge in [-0.2, -0.15) is 0 Å². The number of nitrogens with one attached hydrogen (secondary N) is 1. The lowest BCUT2D eigenvalue weighted by Gasteiger charge is -2.29. The summed E-state index contributed by atoms with van der Waals surface area (Å²) in [7, 11) is 0. The molecule has 6 heteroatoms. The van der Waals surface area contributed by atoms with Gasteiger partial charge in [0.1, 0.15) is 0 Å². The molecule has 2 rings (SSSR count). The average Bonchev–Trinajstić information content (AvgIpc) is 2.55. The number of nitro groups is 1. The molecule has 1 aromatic carbocycles. The van der Waals surface area contributed by atoms with Crippen molar-refractivity contribution >= 4 is 23.4 Å². The standard InChI is InChI=1S/C17H24N2O3S/c1-12-6-3-4-9-16(12)18-17(20)11-23-13(2)14-7-5-8-15(10-14)19(21)22/h5,7-8,10,12-13,16H,3-4,6,9,11H2,1-2H3,(H,18,20)/t12-,13+,16+/m1/s1. The third-order valence-corrected chi connectivity index (χ3v) is 5.67. The van der Waals surface area contributed by atoms with Crippen LogP contribution in [0.2, 0.25) is 0 Å². The SMILES string of the molecule is C[C@H](SCC(=O)N[C@H]1CCCC[C@H]1C)c1cccc([N+](=O)[O-])c1. The van der Waals surface area contributed by atoms with Crippen molar-refractivity contribution in [3.8, 4) is 0 Å². The summed E-state index contributed by atoms with van der Waals surface area (Å²) in [5.74, 6) is 0.991. The monoisotopic (exact) mass is 336 g/mol. The summed E-state index contributed by atoms with van der Waals surface area (Å²) in [6.07, 6.45) is 4.69. The van der Waals surface area contributed by atoms with E-state index in [1.165, 1.54) is 37.1 Å². The van der Waals surface area contributed by atoms with Gasteiger partial charge in [-0.1, -0.05) is 31.9 Å². The second-order valence-electron chi connectivity index (χ2n) is 6.24. The van der Waals surface area contributed by atoms with Crippen molar-refractivity contribution in [2.24, 2.45) is 5.92 Å². The van der Waals surface area contributed by atoms with Gasteiger partial charge in [0.05, 0.1) is 10.7 Å². The van der Waals surface area contributed by atoms with Gasteiger partial charge in [-0.3, -0.25) is 14.9 Å². The van der Waals surface area contributed by atoms with Crippen LogP contribution in [0.15, 0.2) is 24.3 Å². The van der Waals surface area contributed by atoms with E-state index < -0.39 is 4.92 Å². The van der Waals surface area contributed by atoms with Crippen molar-refractivity contribution in [3.63, 3.8) is 0 Å². The highest BCUT2D eigenvalue weighted by atomic mass is 32.2. The third-order valence-electron chi connectivity index (χ3n) is 4.47. The van der Waals surface area contributed by atoms with Crippen LogP contribution >= 0.6 is 11.8 Å². The van der Waals surface area contributed by atoms with Crippen LogP contribution in [0, 0.1) is 16.0 Å². The number of nitro benzene ring substituents is 1. The number of hydrogen-bond donors (Lipinski definition) is 1. The maximum absolute atomic E-state index is 12.1. The highest BCUT2D eigenvalue weighted by Crippen LogP contribution is 2.30. The molecular weight excluding hydrogens is 312 g/mol. The molecule has 0 spiro atoms. The smallest absolute Gasteiger partial charge is 0.269 e. The van der Waals surface area contributed by atoms with Crippen LogP contribution in [0.25, 0.3) is 0 Å². The molecule has 0 aromatic heterocycles. The minimum Gasteiger partial charge on any atom is -0.352 e. The molecule has 0 heterocycles. The van der Waals surface area contributed by atoms with E-state index >= 15 is 0 Å². The Labute approximate surface area is 141 Å². The Hall–Kier alpha value is -1.56. The van der Waals surface area contributed by atoms with E-state index in [2.05, 4.69) is 12.2 Å². The summed E-state index contributed by atoms with van der Waals surface area (Å²) in [4.78, 5) is 22.6. The Bertz CT molecular complexity index is 565. The summed E-state index contributed by atoms with van der Waals surface area (Å²) < 4.78 is 0. The number of carbonyl (C=O) groups excluding carboxylic acids is 1. The van der Waals surface area contributed by atoms with Gasteiger partial charge in [0.2, 0.25) is 5.91 Å². The van der Waals surface area contributed by atoms with Gasteiger partial charge in [-0.05, 0) is 31.2 Å². The molecule has 1 aliphatic carbocycles. The Morgan fingerprint density at radius 1 is 1.43 bits per heavy atom. The molecule has 126 valence electrons. The molecule has 1 saturated carbocycles. The fourth-order valence-electron chi connectivity index (χ4n) is 2.97. The van der Waals surface area contributed by atoms with Crippen molar-refractivity contribution in [3.05, 3.63) is 39.9 Å². The second-order valence-corrected chi connectivity index (χ2v) is 7.57. The molecule has 1 fully saturated rings. The number of hydrogen-bond acceptors (Lipinski definition) is 4. The first-order valence-electron chi connectivity index (χ1n) is 8.12. The van der Waals surface area contributed by atoms with Gasteiger partial charge in [-0.15, -0.1) is 11.8 Å². The van der Waals surface area contributed by atoms with Crippen molar-refractivity contribution in [2.75, 3.05) is 5.75 Å². The molecule has 0 aliphatic heterocycles. The first kappa shape index (κ1) is 17.8. The van der Waals surface area contributed by atoms with Crippen LogP contribution in [0.3, 0.4) is 0 Å². The van der Waals surface area contributed by atoms with E-state index in [9.17, 15) is 14.9 Å². The Kier molecular flexibility index (Phi) is 6.45. The zero-order chi connectivity index (χ0) is 16.8. The quantitative estimate of drug-likeness (QED) is 0.627. The molecule has 3 atom stereocenters. The van der Waals surface area contributed by atoms with Crippen LogP contribution in [-0.4, -0.2) is 22.6 Å². The molecule has 0 radical (unpaired) electrons. The van der Waals surface area contributed by atoms with Crippen molar-refractivity contribution in [1.29, 1.82) is 0 Å². The molecule has 23 heavy (non-hydrogen) atoms. The molecule has 1 N–H and O–H groups in total. The summed E-state index contributed by atoms with van der Waals surface area (Å²) >= 11 is 1.51. The highest BCUT2D eigenvalue weighted by Gasteiger charge is 2.23. The summed E-state index contributed by atoms with van der Waals surface area (Å²) in [6.45, 7) is 4.17. The van der Waals surface area contributed by atoms with Gasteiger partial charge >= 0.3 is 0 Å². The van der Waals surface area contributed by atoms with Crippen LogP contribution in [0.4, 0.5) is 5.69 Å². The average molecular weight is 336 g/mol. The van der Waals surface area contributed by atoms with Crippen molar-refractivity contribution in [2.45, 2.75) is 50.8 Å².